The Morgan fingerprint density at radius 2 is 1.49 bits per heavy atom. The molecular formula is C26H26Cl3N2O3Zr. The molecule has 35 heavy (non-hydrogen) atoms. The van der Waals surface area contributed by atoms with Gasteiger partial charge in [0.05, 0.1) is 4.92 Å². The monoisotopic (exact) mass is 609 g/mol. The van der Waals surface area contributed by atoms with E-state index in [0.717, 1.165) is 36.8 Å². The van der Waals surface area contributed by atoms with Crippen LogP contribution in [0.5, 0.6) is 5.75 Å². The second kappa shape index (κ2) is 13.0. The Morgan fingerprint density at radius 3 is 1.94 bits per heavy atom. The van der Waals surface area contributed by atoms with Crippen LogP contribution in [0.1, 0.15) is 54.9 Å². The molecule has 4 rings (SSSR count). The van der Waals surface area contributed by atoms with Crippen molar-refractivity contribution in [2.24, 2.45) is 4.99 Å². The predicted molar refractivity (Wildman–Crippen MR) is 141 cm³/mol. The van der Waals surface area contributed by atoms with Crippen LogP contribution in [0.3, 0.4) is 0 Å². The second-order valence-corrected chi connectivity index (χ2v) is 19.7. The number of rotatable bonds is 6. The first kappa shape index (κ1) is 27.9. The van der Waals surface area contributed by atoms with Crippen molar-refractivity contribution in [3.63, 3.8) is 0 Å². The molecule has 1 aliphatic carbocycles. The Labute approximate surface area is 224 Å². The first-order valence-corrected chi connectivity index (χ1v) is 20.7. The molecule has 0 amide bonds. The fourth-order valence-corrected chi connectivity index (χ4v) is 4.49. The number of nitrogens with zero attached hydrogens (tertiary/aromatic N) is 2. The van der Waals surface area contributed by atoms with Crippen LogP contribution in [0.25, 0.3) is 0 Å². The molecule has 3 aromatic rings. The number of non-ortho nitro benzene ring substituents is 1. The molecule has 1 N–H and O–H groups in total. The van der Waals surface area contributed by atoms with Crippen molar-refractivity contribution in [2.75, 3.05) is 0 Å². The van der Waals surface area contributed by atoms with E-state index in [4.69, 9.17) is 25.5 Å². The summed E-state index contributed by atoms with van der Waals surface area (Å²) in [5, 5.41) is 23.1. The van der Waals surface area contributed by atoms with Crippen LogP contribution in [0.4, 0.5) is 5.69 Å². The Hall–Kier alpha value is -1.72. The maximum atomic E-state index is 11.8. The van der Waals surface area contributed by atoms with Gasteiger partial charge >= 0.3 is 43.7 Å². The topological polar surface area (TPSA) is 75.7 Å². The van der Waals surface area contributed by atoms with E-state index in [9.17, 15) is 15.2 Å². The molecule has 0 spiro atoms. The Balaban J connectivity index is 0.000000795. The number of phenolic OH excluding ortho intramolecular Hbond substituents is 1. The van der Waals surface area contributed by atoms with Gasteiger partial charge in [-0.3, -0.25) is 15.1 Å². The number of hydrogen-bond acceptors (Lipinski definition) is 4. The molecule has 0 atom stereocenters. The van der Waals surface area contributed by atoms with Gasteiger partial charge in [0.15, 0.2) is 0 Å². The van der Waals surface area contributed by atoms with Gasteiger partial charge in [0, 0.05) is 40.9 Å². The summed E-state index contributed by atoms with van der Waals surface area (Å²) >= 11 is -2.13. The normalized spacial score (nSPS) is 13.9. The number of nitro groups is 1. The Kier molecular flexibility index (Phi) is 10.4. The van der Waals surface area contributed by atoms with Crippen molar-refractivity contribution >= 4 is 37.4 Å². The average molecular weight is 612 g/mol. The van der Waals surface area contributed by atoms with E-state index in [1.54, 1.807) is 6.21 Å². The van der Waals surface area contributed by atoms with Gasteiger partial charge in [-0.05, 0) is 30.9 Å². The fraction of sp³-hybridized carbons (Fsp3) is 0.269. The number of aromatic hydroxyl groups is 1. The third kappa shape index (κ3) is 7.16. The molecule has 0 saturated heterocycles. The Morgan fingerprint density at radius 1 is 1.00 bits per heavy atom. The zero-order chi connectivity index (χ0) is 25.4. The van der Waals surface area contributed by atoms with Crippen LogP contribution in [-0.2, 0) is 23.6 Å². The summed E-state index contributed by atoms with van der Waals surface area (Å²) < 4.78 is 0. The fourth-order valence-electron chi connectivity index (χ4n) is 4.49. The molecule has 1 saturated carbocycles. The van der Waals surface area contributed by atoms with E-state index in [1.807, 2.05) is 67.6 Å². The second-order valence-electron chi connectivity index (χ2n) is 8.48. The van der Waals surface area contributed by atoms with Crippen LogP contribution in [-0.4, -0.2) is 22.3 Å². The number of benzene rings is 3. The van der Waals surface area contributed by atoms with Gasteiger partial charge in [-0.2, -0.15) is 0 Å². The van der Waals surface area contributed by atoms with E-state index in [0.29, 0.717) is 11.1 Å². The molecule has 0 aliphatic heterocycles. The molecular weight excluding hydrogens is 586 g/mol. The van der Waals surface area contributed by atoms with Crippen LogP contribution in [0, 0.1) is 10.1 Å². The van der Waals surface area contributed by atoms with E-state index < -0.39 is 28.5 Å². The van der Waals surface area contributed by atoms with Gasteiger partial charge in [-0.1, -0.05) is 73.5 Å². The molecule has 183 valence electrons. The number of hydrogen-bond donors (Lipinski definition) is 1. The van der Waals surface area contributed by atoms with Gasteiger partial charge < -0.3 is 5.11 Å². The maximum absolute atomic E-state index is 11.8. The van der Waals surface area contributed by atoms with Crippen molar-refractivity contribution in [3.05, 3.63) is 105 Å². The summed E-state index contributed by atoms with van der Waals surface area (Å²) in [5.74, 6) is 0.0301. The van der Waals surface area contributed by atoms with Crippen molar-refractivity contribution in [3.8, 4) is 5.75 Å². The van der Waals surface area contributed by atoms with Crippen molar-refractivity contribution in [1.82, 2.24) is 0 Å². The number of halogens is 3. The molecule has 1 aliphatic rings. The van der Waals surface area contributed by atoms with Crippen LogP contribution in [0.2, 0.25) is 0 Å². The number of nitro benzene ring substituents is 1. The van der Waals surface area contributed by atoms with Gasteiger partial charge in [0.2, 0.25) is 0 Å². The molecule has 0 heterocycles. The first-order valence-electron chi connectivity index (χ1n) is 11.2. The molecule has 0 aromatic heterocycles. The zero-order valence-electron chi connectivity index (χ0n) is 19.2. The summed E-state index contributed by atoms with van der Waals surface area (Å²) in [6, 6.07) is 22.7. The van der Waals surface area contributed by atoms with Crippen molar-refractivity contribution in [2.45, 2.75) is 44.1 Å². The van der Waals surface area contributed by atoms with E-state index >= 15 is 0 Å². The summed E-state index contributed by atoms with van der Waals surface area (Å²) in [6.07, 6.45) is 5.94. The minimum atomic E-state index is -2.13. The summed E-state index contributed by atoms with van der Waals surface area (Å²) in [6.45, 7) is 1.99. The van der Waals surface area contributed by atoms with Crippen LogP contribution < -0.4 is 0 Å². The minimum absolute atomic E-state index is 0.0301. The molecule has 0 unspecified atom stereocenters. The number of aliphatic imine (C=N–C) groups is 1. The standard InChI is InChI=1S/C26H26N2O3.3ClH.Zr/c1-26(20-10-4-2-5-11-20,21-12-6-3-7-13-21)24-17-23(28(30)31)16-19(25(24)29)18-27-22-14-8-9-15-22;;;;/h2-7,10-13,16-18,22,29H,8-9,14-15H2,1H3;3*1H;/q;;;;+3/p-3. The third-order valence-corrected chi connectivity index (χ3v) is 6.33. The molecule has 1 fully saturated rings. The predicted octanol–water partition coefficient (Wildman–Crippen LogP) is 8.08. The van der Waals surface area contributed by atoms with Crippen LogP contribution in [0.15, 0.2) is 77.8 Å². The van der Waals surface area contributed by atoms with E-state index in [-0.39, 0.29) is 17.5 Å². The molecule has 5 nitrogen and oxygen atoms in total. The van der Waals surface area contributed by atoms with E-state index in [2.05, 4.69) is 4.99 Å². The molecule has 9 heteroatoms. The van der Waals surface area contributed by atoms with Gasteiger partial charge in [-0.25, -0.2) is 0 Å². The third-order valence-electron chi connectivity index (χ3n) is 6.33. The molecule has 3 aromatic carbocycles. The first-order chi connectivity index (χ1) is 16.7. The van der Waals surface area contributed by atoms with Gasteiger partial charge in [0.25, 0.3) is 5.69 Å². The summed E-state index contributed by atoms with van der Waals surface area (Å²) in [5.41, 5.74) is 1.92. The SMILES string of the molecule is CC(c1ccccc1)(c1ccccc1)c1cc([N+](=O)[O-])cc(C=NC2CCCC2)c1O.[Cl][Zr]([Cl])[Cl]. The average Bonchev–Trinajstić information content (AvgIpc) is 3.37. The molecule has 0 radical (unpaired) electrons. The Bertz CT molecular complexity index is 1110. The molecule has 0 bridgehead atoms. The summed E-state index contributed by atoms with van der Waals surface area (Å²) in [7, 11) is 15.0. The van der Waals surface area contributed by atoms with Gasteiger partial charge in [-0.15, -0.1) is 0 Å². The zero-order valence-corrected chi connectivity index (χ0v) is 23.9. The van der Waals surface area contributed by atoms with Crippen LogP contribution >= 0.6 is 25.5 Å². The number of phenols is 1. The van der Waals surface area contributed by atoms with Crippen molar-refractivity contribution < 1.29 is 28.2 Å². The van der Waals surface area contributed by atoms with Crippen molar-refractivity contribution in [1.29, 1.82) is 0 Å². The quantitative estimate of drug-likeness (QED) is 0.132. The summed E-state index contributed by atoms with van der Waals surface area (Å²) in [4.78, 5) is 16.0. The van der Waals surface area contributed by atoms with E-state index in [1.165, 1.54) is 12.1 Å². The van der Waals surface area contributed by atoms with Gasteiger partial charge in [0.1, 0.15) is 5.75 Å².